The van der Waals surface area contributed by atoms with Crippen molar-refractivity contribution in [1.82, 2.24) is 0 Å². The first kappa shape index (κ1) is 11.0. The number of benzene rings is 1. The van der Waals surface area contributed by atoms with Crippen LogP contribution in [0.15, 0.2) is 43.0 Å². The van der Waals surface area contributed by atoms with Gasteiger partial charge in [-0.15, -0.1) is 0 Å². The molecule has 15 heavy (non-hydrogen) atoms. The minimum atomic E-state index is -0.972. The zero-order valence-electron chi connectivity index (χ0n) is 8.43. The van der Waals surface area contributed by atoms with Crippen molar-refractivity contribution in [2.75, 3.05) is 7.11 Å². The standard InChI is InChI=1S/C12H12O3/c1-3-4-11(12(13)14)9-5-7-10(15-2)8-6-9/h3-8H,1H2,2H3,(H,13,14)/b11-4-. The predicted octanol–water partition coefficient (Wildman–Crippen LogP) is 2.35. The molecule has 0 amide bonds. The number of rotatable bonds is 4. The lowest BCUT2D eigenvalue weighted by Crippen LogP contribution is -1.99. The first-order chi connectivity index (χ1) is 7.19. The SMILES string of the molecule is C=C/C=C(\C(=O)O)c1ccc(OC)cc1. The molecule has 0 unspecified atom stereocenters. The third-order valence-electron chi connectivity index (χ3n) is 1.92. The van der Waals surface area contributed by atoms with Crippen LogP contribution in [0.25, 0.3) is 5.57 Å². The largest absolute Gasteiger partial charge is 0.497 e. The van der Waals surface area contributed by atoms with Gasteiger partial charge in [-0.05, 0) is 23.8 Å². The number of hydrogen-bond donors (Lipinski definition) is 1. The van der Waals surface area contributed by atoms with Gasteiger partial charge in [-0.25, -0.2) is 4.79 Å². The number of allylic oxidation sites excluding steroid dienone is 2. The summed E-state index contributed by atoms with van der Waals surface area (Å²) >= 11 is 0. The average molecular weight is 204 g/mol. The van der Waals surface area contributed by atoms with Gasteiger partial charge in [0.05, 0.1) is 12.7 Å². The van der Waals surface area contributed by atoms with E-state index < -0.39 is 5.97 Å². The molecule has 0 fully saturated rings. The Morgan fingerprint density at radius 3 is 2.40 bits per heavy atom. The van der Waals surface area contributed by atoms with Gasteiger partial charge >= 0.3 is 5.97 Å². The molecule has 0 atom stereocenters. The molecule has 3 nitrogen and oxygen atoms in total. The number of ether oxygens (including phenoxy) is 1. The maximum atomic E-state index is 10.9. The average Bonchev–Trinajstić information content (AvgIpc) is 2.26. The van der Waals surface area contributed by atoms with Gasteiger partial charge < -0.3 is 9.84 Å². The smallest absolute Gasteiger partial charge is 0.336 e. The summed E-state index contributed by atoms with van der Waals surface area (Å²) < 4.78 is 4.98. The van der Waals surface area contributed by atoms with E-state index in [1.807, 2.05) is 0 Å². The van der Waals surface area contributed by atoms with Gasteiger partial charge in [0.15, 0.2) is 0 Å². The van der Waals surface area contributed by atoms with Gasteiger partial charge in [-0.3, -0.25) is 0 Å². The van der Waals surface area contributed by atoms with Crippen molar-refractivity contribution in [1.29, 1.82) is 0 Å². The minimum absolute atomic E-state index is 0.215. The number of hydrogen-bond acceptors (Lipinski definition) is 2. The summed E-state index contributed by atoms with van der Waals surface area (Å²) in [5.41, 5.74) is 0.843. The topological polar surface area (TPSA) is 46.5 Å². The lowest BCUT2D eigenvalue weighted by Gasteiger charge is -2.03. The highest BCUT2D eigenvalue weighted by Gasteiger charge is 2.08. The number of aliphatic carboxylic acids is 1. The third-order valence-corrected chi connectivity index (χ3v) is 1.92. The van der Waals surface area contributed by atoms with E-state index in [0.29, 0.717) is 11.3 Å². The van der Waals surface area contributed by atoms with E-state index in [9.17, 15) is 4.79 Å². The van der Waals surface area contributed by atoms with Crippen molar-refractivity contribution < 1.29 is 14.6 Å². The van der Waals surface area contributed by atoms with Gasteiger partial charge in [0.2, 0.25) is 0 Å². The Morgan fingerprint density at radius 1 is 1.40 bits per heavy atom. The molecule has 0 aliphatic rings. The highest BCUT2D eigenvalue weighted by atomic mass is 16.5. The quantitative estimate of drug-likeness (QED) is 0.605. The molecule has 3 heteroatoms. The first-order valence-electron chi connectivity index (χ1n) is 4.39. The Bertz CT molecular complexity index is 388. The van der Waals surface area contributed by atoms with Crippen LogP contribution in [0.2, 0.25) is 0 Å². The van der Waals surface area contributed by atoms with Crippen LogP contribution >= 0.6 is 0 Å². The van der Waals surface area contributed by atoms with E-state index in [-0.39, 0.29) is 5.57 Å². The molecule has 0 saturated heterocycles. The highest BCUT2D eigenvalue weighted by Crippen LogP contribution is 2.18. The molecule has 0 aliphatic carbocycles. The number of carboxylic acid groups (broad SMARTS) is 1. The van der Waals surface area contributed by atoms with E-state index >= 15 is 0 Å². The summed E-state index contributed by atoms with van der Waals surface area (Å²) in [6.45, 7) is 3.48. The van der Waals surface area contributed by atoms with E-state index in [2.05, 4.69) is 6.58 Å². The fraction of sp³-hybridized carbons (Fsp3) is 0.0833. The summed E-state index contributed by atoms with van der Waals surface area (Å²) in [5.74, 6) is -0.276. The van der Waals surface area contributed by atoms with Crippen LogP contribution in [-0.2, 0) is 4.79 Å². The normalized spacial score (nSPS) is 10.9. The molecule has 1 rings (SSSR count). The third kappa shape index (κ3) is 2.71. The van der Waals surface area contributed by atoms with Crippen LogP contribution in [0.1, 0.15) is 5.56 Å². The summed E-state index contributed by atoms with van der Waals surface area (Å²) in [7, 11) is 1.56. The molecule has 78 valence electrons. The fourth-order valence-corrected chi connectivity index (χ4v) is 1.18. The minimum Gasteiger partial charge on any atom is -0.497 e. The molecule has 1 aromatic rings. The van der Waals surface area contributed by atoms with Crippen LogP contribution < -0.4 is 4.74 Å². The molecular weight excluding hydrogens is 192 g/mol. The lowest BCUT2D eigenvalue weighted by molar-refractivity contribution is -0.130. The van der Waals surface area contributed by atoms with Gasteiger partial charge in [0.25, 0.3) is 0 Å². The van der Waals surface area contributed by atoms with Crippen molar-refractivity contribution in [2.24, 2.45) is 0 Å². The Morgan fingerprint density at radius 2 is 2.00 bits per heavy atom. The van der Waals surface area contributed by atoms with Gasteiger partial charge in [0, 0.05) is 0 Å². The van der Waals surface area contributed by atoms with Gasteiger partial charge in [-0.2, -0.15) is 0 Å². The maximum absolute atomic E-state index is 10.9. The fourth-order valence-electron chi connectivity index (χ4n) is 1.18. The van der Waals surface area contributed by atoms with E-state index in [1.165, 1.54) is 12.2 Å². The Kier molecular flexibility index (Phi) is 3.68. The predicted molar refractivity (Wildman–Crippen MR) is 58.8 cm³/mol. The van der Waals surface area contributed by atoms with Crippen LogP contribution in [0.4, 0.5) is 0 Å². The molecule has 1 aromatic carbocycles. The second-order valence-corrected chi connectivity index (χ2v) is 2.85. The van der Waals surface area contributed by atoms with E-state index in [1.54, 1.807) is 31.4 Å². The highest BCUT2D eigenvalue weighted by molar-refractivity contribution is 6.15. The number of carboxylic acids is 1. The van der Waals surface area contributed by atoms with E-state index in [0.717, 1.165) is 0 Å². The van der Waals surface area contributed by atoms with Crippen molar-refractivity contribution >= 4 is 11.5 Å². The summed E-state index contributed by atoms with van der Waals surface area (Å²) in [5, 5.41) is 8.94. The summed E-state index contributed by atoms with van der Waals surface area (Å²) in [6, 6.07) is 6.83. The Balaban J connectivity index is 3.07. The zero-order chi connectivity index (χ0) is 11.3. The van der Waals surface area contributed by atoms with Crippen molar-refractivity contribution in [3.05, 3.63) is 48.6 Å². The molecule has 0 aliphatic heterocycles. The Hall–Kier alpha value is -2.03. The summed E-state index contributed by atoms with van der Waals surface area (Å²) in [6.07, 6.45) is 2.91. The van der Waals surface area contributed by atoms with Crippen LogP contribution in [-0.4, -0.2) is 18.2 Å². The van der Waals surface area contributed by atoms with Crippen LogP contribution in [0.5, 0.6) is 5.75 Å². The first-order valence-corrected chi connectivity index (χ1v) is 4.39. The lowest BCUT2D eigenvalue weighted by atomic mass is 10.1. The monoisotopic (exact) mass is 204 g/mol. The van der Waals surface area contributed by atoms with Crippen LogP contribution in [0.3, 0.4) is 0 Å². The van der Waals surface area contributed by atoms with E-state index in [4.69, 9.17) is 9.84 Å². The van der Waals surface area contributed by atoms with Gasteiger partial charge in [0.1, 0.15) is 5.75 Å². The van der Waals surface area contributed by atoms with Crippen LogP contribution in [0, 0.1) is 0 Å². The second-order valence-electron chi connectivity index (χ2n) is 2.85. The van der Waals surface area contributed by atoms with Crippen molar-refractivity contribution in [2.45, 2.75) is 0 Å². The molecule has 0 heterocycles. The van der Waals surface area contributed by atoms with Gasteiger partial charge in [-0.1, -0.05) is 24.8 Å². The molecule has 0 saturated carbocycles. The Labute approximate surface area is 88.3 Å². The maximum Gasteiger partial charge on any atom is 0.336 e. The molecule has 0 radical (unpaired) electrons. The molecular formula is C12H12O3. The number of methoxy groups -OCH3 is 1. The molecule has 0 bridgehead atoms. The molecule has 0 spiro atoms. The molecule has 1 N–H and O–H groups in total. The second kappa shape index (κ2) is 5.00. The van der Waals surface area contributed by atoms with Crippen molar-refractivity contribution in [3.63, 3.8) is 0 Å². The molecule has 0 aromatic heterocycles. The van der Waals surface area contributed by atoms with Crippen molar-refractivity contribution in [3.8, 4) is 5.75 Å². The summed E-state index contributed by atoms with van der Waals surface area (Å²) in [4.78, 5) is 10.9. The zero-order valence-corrected chi connectivity index (χ0v) is 8.43. The number of carbonyl (C=O) groups is 1.